The SMILES string of the molecule is CN1CCN(C(=O)N2CCC(c3ccc([N+](=O)[O-])cc3)CC2)CC1. The maximum atomic E-state index is 12.6. The number of likely N-dealkylation sites (N-methyl/N-ethyl adjacent to an activating group) is 1. The first kappa shape index (κ1) is 16.7. The van der Waals surface area contributed by atoms with E-state index < -0.39 is 0 Å². The number of hydrogen-bond donors (Lipinski definition) is 0. The van der Waals surface area contributed by atoms with Crippen molar-refractivity contribution in [3.63, 3.8) is 0 Å². The Bertz CT molecular complexity index is 588. The Morgan fingerprint density at radius 2 is 1.54 bits per heavy atom. The highest BCUT2D eigenvalue weighted by molar-refractivity contribution is 5.74. The molecular weight excluding hydrogens is 308 g/mol. The number of nitro benzene ring substituents is 1. The number of nitrogens with zero attached hydrogens (tertiary/aromatic N) is 4. The van der Waals surface area contributed by atoms with Gasteiger partial charge in [-0.3, -0.25) is 10.1 Å². The van der Waals surface area contributed by atoms with Crippen molar-refractivity contribution in [2.45, 2.75) is 18.8 Å². The smallest absolute Gasteiger partial charge is 0.320 e. The fourth-order valence-corrected chi connectivity index (χ4v) is 3.47. The number of hydrogen-bond acceptors (Lipinski definition) is 4. The summed E-state index contributed by atoms with van der Waals surface area (Å²) in [4.78, 5) is 29.1. The summed E-state index contributed by atoms with van der Waals surface area (Å²) in [6, 6.07) is 6.99. The lowest BCUT2D eigenvalue weighted by Crippen LogP contribution is -2.53. The molecule has 0 radical (unpaired) electrons. The van der Waals surface area contributed by atoms with Crippen molar-refractivity contribution in [2.24, 2.45) is 0 Å². The van der Waals surface area contributed by atoms with Gasteiger partial charge in [-0.05, 0) is 31.4 Å². The van der Waals surface area contributed by atoms with E-state index in [1.165, 1.54) is 0 Å². The minimum absolute atomic E-state index is 0.126. The maximum absolute atomic E-state index is 12.6. The third kappa shape index (κ3) is 3.67. The molecule has 130 valence electrons. The van der Waals surface area contributed by atoms with E-state index in [1.807, 2.05) is 21.9 Å². The summed E-state index contributed by atoms with van der Waals surface area (Å²) < 4.78 is 0. The van der Waals surface area contributed by atoms with Crippen LogP contribution in [0.3, 0.4) is 0 Å². The summed E-state index contributed by atoms with van der Waals surface area (Å²) >= 11 is 0. The second-order valence-corrected chi connectivity index (χ2v) is 6.68. The van der Waals surface area contributed by atoms with Crippen molar-refractivity contribution >= 4 is 11.7 Å². The van der Waals surface area contributed by atoms with Gasteiger partial charge < -0.3 is 14.7 Å². The minimum Gasteiger partial charge on any atom is -0.325 e. The largest absolute Gasteiger partial charge is 0.325 e. The van der Waals surface area contributed by atoms with Gasteiger partial charge in [-0.2, -0.15) is 0 Å². The Morgan fingerprint density at radius 3 is 2.08 bits per heavy atom. The van der Waals surface area contributed by atoms with E-state index in [0.717, 1.165) is 57.7 Å². The average molecular weight is 332 g/mol. The molecule has 1 aromatic rings. The molecular formula is C17H24N4O3. The summed E-state index contributed by atoms with van der Waals surface area (Å²) in [6.45, 7) is 4.99. The van der Waals surface area contributed by atoms with Gasteiger partial charge in [0.05, 0.1) is 4.92 Å². The lowest BCUT2D eigenvalue weighted by molar-refractivity contribution is -0.384. The predicted octanol–water partition coefficient (Wildman–Crippen LogP) is 2.14. The van der Waals surface area contributed by atoms with Crippen molar-refractivity contribution in [3.05, 3.63) is 39.9 Å². The lowest BCUT2D eigenvalue weighted by Gasteiger charge is -2.39. The molecule has 2 heterocycles. The molecule has 0 N–H and O–H groups in total. The number of benzene rings is 1. The fourth-order valence-electron chi connectivity index (χ4n) is 3.47. The van der Waals surface area contributed by atoms with Crippen LogP contribution in [0.1, 0.15) is 24.3 Å². The van der Waals surface area contributed by atoms with Gasteiger partial charge in [-0.25, -0.2) is 4.79 Å². The van der Waals surface area contributed by atoms with E-state index in [9.17, 15) is 14.9 Å². The molecule has 7 heteroatoms. The second kappa shape index (κ2) is 7.17. The van der Waals surface area contributed by atoms with Crippen LogP contribution < -0.4 is 0 Å². The zero-order valence-electron chi connectivity index (χ0n) is 14.1. The summed E-state index contributed by atoms with van der Waals surface area (Å²) in [5.41, 5.74) is 1.26. The van der Waals surface area contributed by atoms with Gasteiger partial charge in [0.25, 0.3) is 5.69 Å². The van der Waals surface area contributed by atoms with E-state index in [2.05, 4.69) is 11.9 Å². The third-order valence-electron chi connectivity index (χ3n) is 5.11. The van der Waals surface area contributed by atoms with E-state index in [0.29, 0.717) is 5.92 Å². The minimum atomic E-state index is -0.374. The normalized spacial score (nSPS) is 20.2. The van der Waals surface area contributed by atoms with Crippen LogP contribution in [0.25, 0.3) is 0 Å². The predicted molar refractivity (Wildman–Crippen MR) is 91.1 cm³/mol. The Labute approximate surface area is 142 Å². The van der Waals surface area contributed by atoms with Crippen LogP contribution in [0.4, 0.5) is 10.5 Å². The van der Waals surface area contributed by atoms with Crippen LogP contribution in [-0.4, -0.2) is 72.0 Å². The monoisotopic (exact) mass is 332 g/mol. The molecule has 3 rings (SSSR count). The standard InChI is InChI=1S/C17H24N4O3/c1-18-10-12-20(13-11-18)17(22)19-8-6-15(7-9-19)14-2-4-16(5-3-14)21(23)24/h2-5,15H,6-13H2,1H3. The summed E-state index contributed by atoms with van der Waals surface area (Å²) in [5, 5.41) is 10.7. The number of nitro groups is 1. The van der Waals surface area contributed by atoms with Gasteiger partial charge in [-0.1, -0.05) is 12.1 Å². The van der Waals surface area contributed by atoms with Gasteiger partial charge in [0.15, 0.2) is 0 Å². The van der Waals surface area contributed by atoms with E-state index >= 15 is 0 Å². The zero-order chi connectivity index (χ0) is 17.1. The fraction of sp³-hybridized carbons (Fsp3) is 0.588. The molecule has 0 saturated carbocycles. The van der Waals surface area contributed by atoms with Gasteiger partial charge >= 0.3 is 6.03 Å². The molecule has 24 heavy (non-hydrogen) atoms. The molecule has 2 amide bonds. The quantitative estimate of drug-likeness (QED) is 0.614. The molecule has 7 nitrogen and oxygen atoms in total. The molecule has 0 aromatic heterocycles. The van der Waals surface area contributed by atoms with Crippen molar-refractivity contribution in [3.8, 4) is 0 Å². The number of urea groups is 1. The van der Waals surface area contributed by atoms with Crippen LogP contribution in [0.5, 0.6) is 0 Å². The number of piperidine rings is 1. The van der Waals surface area contributed by atoms with E-state index in [1.54, 1.807) is 12.1 Å². The molecule has 0 atom stereocenters. The van der Waals surface area contributed by atoms with Gasteiger partial charge in [0.2, 0.25) is 0 Å². The Hall–Kier alpha value is -2.15. The first-order chi connectivity index (χ1) is 11.5. The van der Waals surface area contributed by atoms with Gasteiger partial charge in [-0.15, -0.1) is 0 Å². The number of amides is 2. The first-order valence-electron chi connectivity index (χ1n) is 8.51. The molecule has 0 bridgehead atoms. The van der Waals surface area contributed by atoms with E-state index in [-0.39, 0.29) is 16.6 Å². The zero-order valence-corrected chi connectivity index (χ0v) is 14.1. The summed E-state index contributed by atoms with van der Waals surface area (Å²) in [5.74, 6) is 0.377. The van der Waals surface area contributed by atoms with Crippen molar-refractivity contribution in [1.29, 1.82) is 0 Å². The van der Waals surface area contributed by atoms with Crippen LogP contribution in [0, 0.1) is 10.1 Å². The van der Waals surface area contributed by atoms with E-state index in [4.69, 9.17) is 0 Å². The molecule has 0 aliphatic carbocycles. The highest BCUT2D eigenvalue weighted by Gasteiger charge is 2.28. The number of carbonyl (C=O) groups excluding carboxylic acids is 1. The number of piperazine rings is 1. The van der Waals surface area contributed by atoms with Crippen molar-refractivity contribution < 1.29 is 9.72 Å². The molecule has 2 fully saturated rings. The Kier molecular flexibility index (Phi) is 4.99. The third-order valence-corrected chi connectivity index (χ3v) is 5.11. The average Bonchev–Trinajstić information content (AvgIpc) is 2.62. The Balaban J connectivity index is 1.53. The molecule has 2 aliphatic rings. The summed E-state index contributed by atoms with van der Waals surface area (Å²) in [7, 11) is 2.08. The second-order valence-electron chi connectivity index (χ2n) is 6.68. The van der Waals surface area contributed by atoms with Crippen LogP contribution >= 0.6 is 0 Å². The molecule has 0 unspecified atom stereocenters. The maximum Gasteiger partial charge on any atom is 0.320 e. The highest BCUT2D eigenvalue weighted by Crippen LogP contribution is 2.29. The highest BCUT2D eigenvalue weighted by atomic mass is 16.6. The topological polar surface area (TPSA) is 69.9 Å². The van der Waals surface area contributed by atoms with Crippen molar-refractivity contribution in [2.75, 3.05) is 46.3 Å². The number of carbonyl (C=O) groups is 1. The van der Waals surface area contributed by atoms with Crippen LogP contribution in [0.2, 0.25) is 0 Å². The Morgan fingerprint density at radius 1 is 1.00 bits per heavy atom. The number of likely N-dealkylation sites (tertiary alicyclic amines) is 1. The van der Waals surface area contributed by atoms with Crippen LogP contribution in [-0.2, 0) is 0 Å². The molecule has 2 aliphatic heterocycles. The summed E-state index contributed by atoms with van der Waals surface area (Å²) in [6.07, 6.45) is 1.83. The molecule has 1 aromatic carbocycles. The van der Waals surface area contributed by atoms with Crippen molar-refractivity contribution in [1.82, 2.24) is 14.7 Å². The van der Waals surface area contributed by atoms with Gasteiger partial charge in [0.1, 0.15) is 0 Å². The van der Waals surface area contributed by atoms with Crippen LogP contribution in [0.15, 0.2) is 24.3 Å². The number of rotatable bonds is 2. The molecule has 0 spiro atoms. The lowest BCUT2D eigenvalue weighted by atomic mass is 9.89. The van der Waals surface area contributed by atoms with Gasteiger partial charge in [0, 0.05) is 51.4 Å². The first-order valence-corrected chi connectivity index (χ1v) is 8.51. The number of non-ortho nitro benzene ring substituents is 1. The molecule has 2 saturated heterocycles.